The minimum absolute atomic E-state index is 0.0798. The van der Waals surface area contributed by atoms with E-state index in [1.54, 1.807) is 24.3 Å². The zero-order valence-corrected chi connectivity index (χ0v) is 11.7. The highest BCUT2D eigenvalue weighted by Gasteiger charge is 2.20. The summed E-state index contributed by atoms with van der Waals surface area (Å²) in [6.07, 6.45) is 0. The third kappa shape index (κ3) is 3.15. The Morgan fingerprint density at radius 3 is 2.70 bits per heavy atom. The first-order valence-corrected chi connectivity index (χ1v) is 6.51. The van der Waals surface area contributed by atoms with Gasteiger partial charge in [0.1, 0.15) is 5.69 Å². The molecule has 1 aromatic heterocycles. The molecule has 1 aromatic carbocycles. The Hall–Kier alpha value is -1.92. The van der Waals surface area contributed by atoms with Gasteiger partial charge in [0.25, 0.3) is 0 Å². The molecule has 20 heavy (non-hydrogen) atoms. The van der Waals surface area contributed by atoms with Gasteiger partial charge in [-0.3, -0.25) is 0 Å². The van der Waals surface area contributed by atoms with Crippen LogP contribution < -0.4 is 0 Å². The number of carboxylic acid groups (broad SMARTS) is 1. The molecule has 0 aliphatic rings. The SMILES string of the molecule is CCOCCn1nnc(C(=O)O)c1-c1ccc(Cl)cc1. The second-order valence-corrected chi connectivity index (χ2v) is 4.46. The van der Waals surface area contributed by atoms with Gasteiger partial charge < -0.3 is 9.84 Å². The highest BCUT2D eigenvalue weighted by Crippen LogP contribution is 2.24. The molecule has 0 saturated carbocycles. The van der Waals surface area contributed by atoms with Crippen molar-refractivity contribution >= 4 is 17.6 Å². The van der Waals surface area contributed by atoms with E-state index in [0.29, 0.717) is 36.0 Å². The van der Waals surface area contributed by atoms with Crippen LogP contribution in [0.5, 0.6) is 0 Å². The molecule has 0 bridgehead atoms. The molecule has 6 nitrogen and oxygen atoms in total. The zero-order valence-electron chi connectivity index (χ0n) is 10.9. The van der Waals surface area contributed by atoms with Gasteiger partial charge in [-0.15, -0.1) is 5.10 Å². The van der Waals surface area contributed by atoms with Gasteiger partial charge in [0, 0.05) is 17.2 Å². The number of hydrogen-bond donors (Lipinski definition) is 1. The molecule has 0 aliphatic heterocycles. The minimum atomic E-state index is -1.11. The predicted molar refractivity (Wildman–Crippen MR) is 73.9 cm³/mol. The molecular weight excluding hydrogens is 282 g/mol. The number of carboxylic acids is 1. The summed E-state index contributed by atoms with van der Waals surface area (Å²) in [7, 11) is 0. The van der Waals surface area contributed by atoms with Crippen LogP contribution in [0.4, 0.5) is 0 Å². The highest BCUT2D eigenvalue weighted by molar-refractivity contribution is 6.30. The molecule has 2 aromatic rings. The summed E-state index contributed by atoms with van der Waals surface area (Å²) in [4.78, 5) is 11.2. The first-order chi connectivity index (χ1) is 9.63. The highest BCUT2D eigenvalue weighted by atomic mass is 35.5. The molecule has 0 unspecified atom stereocenters. The molecule has 0 radical (unpaired) electrons. The molecular formula is C13H14ClN3O3. The second-order valence-electron chi connectivity index (χ2n) is 4.02. The van der Waals surface area contributed by atoms with E-state index in [9.17, 15) is 9.90 Å². The second kappa shape index (κ2) is 6.49. The Kier molecular flexibility index (Phi) is 4.70. The number of aromatic carboxylic acids is 1. The quantitative estimate of drug-likeness (QED) is 0.828. The number of nitrogens with zero attached hydrogens (tertiary/aromatic N) is 3. The van der Waals surface area contributed by atoms with E-state index in [1.165, 1.54) is 4.68 Å². The normalized spacial score (nSPS) is 10.7. The van der Waals surface area contributed by atoms with E-state index < -0.39 is 5.97 Å². The average Bonchev–Trinajstić information content (AvgIpc) is 2.84. The van der Waals surface area contributed by atoms with Crippen molar-refractivity contribution in [2.75, 3.05) is 13.2 Å². The number of aromatic nitrogens is 3. The van der Waals surface area contributed by atoms with Crippen molar-refractivity contribution < 1.29 is 14.6 Å². The summed E-state index contributed by atoms with van der Waals surface area (Å²) in [5, 5.41) is 17.4. The molecule has 0 aliphatic carbocycles. The van der Waals surface area contributed by atoms with Crippen LogP contribution in [-0.2, 0) is 11.3 Å². The summed E-state index contributed by atoms with van der Waals surface area (Å²) in [6.45, 7) is 3.37. The van der Waals surface area contributed by atoms with Crippen LogP contribution in [0, 0.1) is 0 Å². The summed E-state index contributed by atoms with van der Waals surface area (Å²) < 4.78 is 6.79. The molecule has 7 heteroatoms. The van der Waals surface area contributed by atoms with Crippen LogP contribution in [0.3, 0.4) is 0 Å². The lowest BCUT2D eigenvalue weighted by molar-refractivity contribution is 0.0691. The Labute approximate surface area is 120 Å². The maximum atomic E-state index is 11.2. The van der Waals surface area contributed by atoms with Crippen molar-refractivity contribution in [2.45, 2.75) is 13.5 Å². The Morgan fingerprint density at radius 2 is 2.10 bits per heavy atom. The lowest BCUT2D eigenvalue weighted by Gasteiger charge is -2.07. The van der Waals surface area contributed by atoms with Gasteiger partial charge in [-0.05, 0) is 19.1 Å². The van der Waals surface area contributed by atoms with E-state index >= 15 is 0 Å². The van der Waals surface area contributed by atoms with Crippen molar-refractivity contribution in [1.29, 1.82) is 0 Å². The van der Waals surface area contributed by atoms with Crippen LogP contribution >= 0.6 is 11.6 Å². The molecule has 0 saturated heterocycles. The lowest BCUT2D eigenvalue weighted by Crippen LogP contribution is -2.10. The molecule has 0 spiro atoms. The van der Waals surface area contributed by atoms with E-state index in [0.717, 1.165) is 0 Å². The molecule has 106 valence electrons. The Bertz CT molecular complexity index is 595. The first kappa shape index (κ1) is 14.5. The van der Waals surface area contributed by atoms with Crippen LogP contribution in [-0.4, -0.2) is 39.3 Å². The van der Waals surface area contributed by atoms with Crippen LogP contribution in [0.15, 0.2) is 24.3 Å². The maximum absolute atomic E-state index is 11.2. The van der Waals surface area contributed by atoms with Gasteiger partial charge in [0.15, 0.2) is 5.69 Å². The van der Waals surface area contributed by atoms with Gasteiger partial charge in [0.05, 0.1) is 13.2 Å². The molecule has 1 N–H and O–H groups in total. The van der Waals surface area contributed by atoms with Gasteiger partial charge in [-0.2, -0.15) is 0 Å². The minimum Gasteiger partial charge on any atom is -0.476 e. The topological polar surface area (TPSA) is 77.2 Å². The van der Waals surface area contributed by atoms with Crippen molar-refractivity contribution in [2.24, 2.45) is 0 Å². The number of rotatable bonds is 6. The smallest absolute Gasteiger partial charge is 0.358 e. The van der Waals surface area contributed by atoms with Crippen LogP contribution in [0.25, 0.3) is 11.3 Å². The Morgan fingerprint density at radius 1 is 1.40 bits per heavy atom. The summed E-state index contributed by atoms with van der Waals surface area (Å²) >= 11 is 5.84. The lowest BCUT2D eigenvalue weighted by atomic mass is 10.1. The molecule has 1 heterocycles. The monoisotopic (exact) mass is 295 g/mol. The molecule has 2 rings (SSSR count). The maximum Gasteiger partial charge on any atom is 0.358 e. The van der Waals surface area contributed by atoms with Crippen molar-refractivity contribution in [3.05, 3.63) is 35.0 Å². The number of carbonyl (C=O) groups is 1. The fourth-order valence-electron chi connectivity index (χ4n) is 1.80. The van der Waals surface area contributed by atoms with E-state index in [2.05, 4.69) is 10.3 Å². The third-order valence-electron chi connectivity index (χ3n) is 2.71. The fraction of sp³-hybridized carbons (Fsp3) is 0.308. The van der Waals surface area contributed by atoms with Crippen molar-refractivity contribution in [3.8, 4) is 11.3 Å². The standard InChI is InChI=1S/C13H14ClN3O3/c1-2-20-8-7-17-12(11(13(18)19)15-16-17)9-3-5-10(14)6-4-9/h3-6H,2,7-8H2,1H3,(H,18,19). The number of benzene rings is 1. The number of ether oxygens (including phenoxy) is 1. The molecule has 0 amide bonds. The van der Waals surface area contributed by atoms with Gasteiger partial charge in [0.2, 0.25) is 0 Å². The van der Waals surface area contributed by atoms with Crippen molar-refractivity contribution in [3.63, 3.8) is 0 Å². The average molecular weight is 296 g/mol. The van der Waals surface area contributed by atoms with E-state index in [-0.39, 0.29) is 5.69 Å². The molecule has 0 atom stereocenters. The summed E-state index contributed by atoms with van der Waals surface area (Å²) in [6, 6.07) is 6.88. The van der Waals surface area contributed by atoms with Gasteiger partial charge >= 0.3 is 5.97 Å². The van der Waals surface area contributed by atoms with Gasteiger partial charge in [-0.25, -0.2) is 9.48 Å². The van der Waals surface area contributed by atoms with Crippen molar-refractivity contribution in [1.82, 2.24) is 15.0 Å². The number of halogens is 1. The predicted octanol–water partition coefficient (Wildman–Crippen LogP) is 2.33. The Balaban J connectivity index is 2.38. The molecule has 0 fully saturated rings. The van der Waals surface area contributed by atoms with Gasteiger partial charge in [-0.1, -0.05) is 28.9 Å². The summed E-state index contributed by atoms with van der Waals surface area (Å²) in [5.41, 5.74) is 1.07. The first-order valence-electron chi connectivity index (χ1n) is 6.14. The van der Waals surface area contributed by atoms with E-state index in [1.807, 2.05) is 6.92 Å². The van der Waals surface area contributed by atoms with E-state index in [4.69, 9.17) is 16.3 Å². The fourth-order valence-corrected chi connectivity index (χ4v) is 1.93. The van der Waals surface area contributed by atoms with Crippen LogP contribution in [0.1, 0.15) is 17.4 Å². The summed E-state index contributed by atoms with van der Waals surface area (Å²) in [5.74, 6) is -1.11. The van der Waals surface area contributed by atoms with Crippen LogP contribution in [0.2, 0.25) is 5.02 Å². The largest absolute Gasteiger partial charge is 0.476 e. The number of hydrogen-bond acceptors (Lipinski definition) is 4. The third-order valence-corrected chi connectivity index (χ3v) is 2.96. The zero-order chi connectivity index (χ0) is 14.5.